The SMILES string of the molecule is CC1=CCC2C(C)(C)CCCC2(C)C1CCC1=CC(=O)OC1. The molecule has 2 nitrogen and oxygen atoms in total. The molecule has 0 spiro atoms. The number of rotatable bonds is 3. The molecule has 3 atom stereocenters. The second-order valence-electron chi connectivity index (χ2n) is 8.59. The molecule has 22 heavy (non-hydrogen) atoms. The molecule has 2 aliphatic carbocycles. The zero-order valence-corrected chi connectivity index (χ0v) is 14.6. The summed E-state index contributed by atoms with van der Waals surface area (Å²) in [5.41, 5.74) is 3.62. The van der Waals surface area contributed by atoms with E-state index in [0.29, 0.717) is 23.4 Å². The number of cyclic esters (lactones) is 1. The Hall–Kier alpha value is -1.05. The Morgan fingerprint density at radius 2 is 2.05 bits per heavy atom. The van der Waals surface area contributed by atoms with Crippen molar-refractivity contribution in [2.75, 3.05) is 6.61 Å². The maximum absolute atomic E-state index is 11.2. The van der Waals surface area contributed by atoms with Crippen LogP contribution in [0.5, 0.6) is 0 Å². The smallest absolute Gasteiger partial charge is 0.331 e. The fourth-order valence-corrected chi connectivity index (χ4v) is 5.58. The summed E-state index contributed by atoms with van der Waals surface area (Å²) in [6.45, 7) is 10.3. The molecule has 0 radical (unpaired) electrons. The molecule has 0 bridgehead atoms. The maximum Gasteiger partial charge on any atom is 0.331 e. The van der Waals surface area contributed by atoms with Crippen LogP contribution in [-0.2, 0) is 9.53 Å². The van der Waals surface area contributed by atoms with E-state index in [1.54, 1.807) is 11.6 Å². The number of ether oxygens (including phenoxy) is 1. The first-order valence-corrected chi connectivity index (χ1v) is 8.86. The molecule has 122 valence electrons. The van der Waals surface area contributed by atoms with Crippen molar-refractivity contribution >= 4 is 5.97 Å². The lowest BCUT2D eigenvalue weighted by molar-refractivity contribution is -0.134. The average molecular weight is 302 g/mol. The Bertz CT molecular complexity index is 526. The minimum atomic E-state index is -0.159. The number of fused-ring (bicyclic) bond motifs is 1. The summed E-state index contributed by atoms with van der Waals surface area (Å²) in [5, 5.41) is 0. The summed E-state index contributed by atoms with van der Waals surface area (Å²) < 4.78 is 5.05. The third kappa shape index (κ3) is 2.66. The average Bonchev–Trinajstić information content (AvgIpc) is 2.82. The van der Waals surface area contributed by atoms with Crippen molar-refractivity contribution in [2.24, 2.45) is 22.7 Å². The van der Waals surface area contributed by atoms with Gasteiger partial charge in [-0.25, -0.2) is 4.79 Å². The molecule has 2 heteroatoms. The highest BCUT2D eigenvalue weighted by Crippen LogP contribution is 2.60. The number of hydrogen-bond acceptors (Lipinski definition) is 2. The van der Waals surface area contributed by atoms with Crippen LogP contribution in [0.15, 0.2) is 23.3 Å². The van der Waals surface area contributed by atoms with E-state index < -0.39 is 0 Å². The van der Waals surface area contributed by atoms with Gasteiger partial charge in [0.1, 0.15) is 6.61 Å². The van der Waals surface area contributed by atoms with Gasteiger partial charge in [0.2, 0.25) is 0 Å². The summed E-state index contributed by atoms with van der Waals surface area (Å²) in [7, 11) is 0. The first-order chi connectivity index (χ1) is 10.3. The van der Waals surface area contributed by atoms with E-state index in [9.17, 15) is 4.79 Å². The van der Waals surface area contributed by atoms with Crippen LogP contribution >= 0.6 is 0 Å². The maximum atomic E-state index is 11.2. The fraction of sp³-hybridized carbons (Fsp3) is 0.750. The topological polar surface area (TPSA) is 26.3 Å². The molecule has 3 unspecified atom stereocenters. The molecule has 0 amide bonds. The highest BCUT2D eigenvalue weighted by atomic mass is 16.5. The predicted molar refractivity (Wildman–Crippen MR) is 89.4 cm³/mol. The van der Waals surface area contributed by atoms with E-state index in [0.717, 1.165) is 18.8 Å². The van der Waals surface area contributed by atoms with Crippen molar-refractivity contribution in [3.05, 3.63) is 23.3 Å². The number of carbonyl (C=O) groups excluding carboxylic acids is 1. The Morgan fingerprint density at radius 3 is 2.73 bits per heavy atom. The van der Waals surface area contributed by atoms with Crippen LogP contribution < -0.4 is 0 Å². The quantitative estimate of drug-likeness (QED) is 0.539. The number of hydrogen-bond donors (Lipinski definition) is 0. The Labute approximate surface area is 135 Å². The van der Waals surface area contributed by atoms with Gasteiger partial charge >= 0.3 is 5.97 Å². The van der Waals surface area contributed by atoms with E-state index in [1.165, 1.54) is 31.3 Å². The number of esters is 1. The summed E-state index contributed by atoms with van der Waals surface area (Å²) in [5.74, 6) is 1.29. The molecule has 0 aromatic rings. The van der Waals surface area contributed by atoms with Crippen LogP contribution in [0.25, 0.3) is 0 Å². The third-order valence-corrected chi connectivity index (χ3v) is 6.77. The second kappa shape index (κ2) is 5.54. The van der Waals surface area contributed by atoms with Gasteiger partial charge in [-0.2, -0.15) is 0 Å². The molecule has 1 saturated carbocycles. The van der Waals surface area contributed by atoms with Gasteiger partial charge in [-0.15, -0.1) is 0 Å². The highest BCUT2D eigenvalue weighted by Gasteiger charge is 2.51. The molecule has 0 N–H and O–H groups in total. The van der Waals surface area contributed by atoms with Crippen molar-refractivity contribution in [2.45, 2.75) is 66.2 Å². The number of allylic oxidation sites excluding steroid dienone is 2. The molecule has 3 rings (SSSR count). The molecule has 0 saturated heterocycles. The zero-order valence-electron chi connectivity index (χ0n) is 14.6. The van der Waals surface area contributed by atoms with Crippen LogP contribution in [0, 0.1) is 22.7 Å². The molecule has 0 aromatic carbocycles. The van der Waals surface area contributed by atoms with Gasteiger partial charge in [-0.1, -0.05) is 38.8 Å². The molecular weight excluding hydrogens is 272 g/mol. The van der Waals surface area contributed by atoms with Crippen LogP contribution in [0.2, 0.25) is 0 Å². The largest absolute Gasteiger partial charge is 0.458 e. The normalized spacial score (nSPS) is 37.2. The lowest BCUT2D eigenvalue weighted by Crippen LogP contribution is -2.48. The van der Waals surface area contributed by atoms with Gasteiger partial charge in [0.05, 0.1) is 0 Å². The van der Waals surface area contributed by atoms with Gasteiger partial charge in [-0.05, 0) is 67.3 Å². The van der Waals surface area contributed by atoms with Gasteiger partial charge in [0, 0.05) is 6.08 Å². The summed E-state index contributed by atoms with van der Waals surface area (Å²) in [4.78, 5) is 11.2. The Kier molecular flexibility index (Phi) is 3.99. The summed E-state index contributed by atoms with van der Waals surface area (Å²) >= 11 is 0. The first kappa shape index (κ1) is 15.8. The molecule has 0 aromatic heterocycles. The van der Waals surface area contributed by atoms with Crippen molar-refractivity contribution in [1.82, 2.24) is 0 Å². The van der Waals surface area contributed by atoms with Gasteiger partial charge in [0.25, 0.3) is 0 Å². The molecular formula is C20H30O2. The van der Waals surface area contributed by atoms with Crippen LogP contribution in [0.3, 0.4) is 0 Å². The van der Waals surface area contributed by atoms with Crippen LogP contribution in [-0.4, -0.2) is 12.6 Å². The van der Waals surface area contributed by atoms with E-state index >= 15 is 0 Å². The summed E-state index contributed by atoms with van der Waals surface area (Å²) in [6.07, 6.45) is 11.7. The second-order valence-corrected chi connectivity index (χ2v) is 8.59. The van der Waals surface area contributed by atoms with E-state index in [-0.39, 0.29) is 5.97 Å². The predicted octanol–water partition coefficient (Wildman–Crippen LogP) is 5.05. The van der Waals surface area contributed by atoms with Crippen LogP contribution in [0.4, 0.5) is 0 Å². The lowest BCUT2D eigenvalue weighted by Gasteiger charge is -2.57. The Balaban J connectivity index is 1.79. The van der Waals surface area contributed by atoms with Gasteiger partial charge < -0.3 is 4.74 Å². The molecule has 1 fully saturated rings. The number of carbonyl (C=O) groups is 1. The minimum Gasteiger partial charge on any atom is -0.458 e. The fourth-order valence-electron chi connectivity index (χ4n) is 5.58. The van der Waals surface area contributed by atoms with Crippen LogP contribution in [0.1, 0.15) is 66.2 Å². The molecule has 1 heterocycles. The van der Waals surface area contributed by atoms with Crippen molar-refractivity contribution < 1.29 is 9.53 Å². The van der Waals surface area contributed by atoms with Gasteiger partial charge in [-0.3, -0.25) is 0 Å². The van der Waals surface area contributed by atoms with E-state index in [1.807, 2.05) is 0 Å². The first-order valence-electron chi connectivity index (χ1n) is 8.86. The Morgan fingerprint density at radius 1 is 1.27 bits per heavy atom. The van der Waals surface area contributed by atoms with Crippen molar-refractivity contribution in [1.29, 1.82) is 0 Å². The van der Waals surface area contributed by atoms with E-state index in [2.05, 4.69) is 33.8 Å². The molecule has 1 aliphatic heterocycles. The van der Waals surface area contributed by atoms with Gasteiger partial charge in [0.15, 0.2) is 0 Å². The zero-order chi connectivity index (χ0) is 16.0. The van der Waals surface area contributed by atoms with E-state index in [4.69, 9.17) is 4.74 Å². The van der Waals surface area contributed by atoms with Crippen molar-refractivity contribution in [3.63, 3.8) is 0 Å². The monoisotopic (exact) mass is 302 g/mol. The van der Waals surface area contributed by atoms with Crippen molar-refractivity contribution in [3.8, 4) is 0 Å². The molecule has 3 aliphatic rings. The minimum absolute atomic E-state index is 0.159. The highest BCUT2D eigenvalue weighted by molar-refractivity contribution is 5.85. The lowest BCUT2D eigenvalue weighted by atomic mass is 9.48. The third-order valence-electron chi connectivity index (χ3n) is 6.77. The summed E-state index contributed by atoms with van der Waals surface area (Å²) in [6, 6.07) is 0. The standard InChI is InChI=1S/C20H30O2/c1-14-6-9-17-19(2,3)10-5-11-20(17,4)16(14)8-7-15-12-18(21)22-13-15/h6,12,16-17H,5,7-11,13H2,1-4H3.